The minimum absolute atomic E-state index is 0.639. The van der Waals surface area contributed by atoms with Gasteiger partial charge in [0.05, 0.1) is 11.2 Å². The third-order valence-electron chi connectivity index (χ3n) is 4.76. The quantitative estimate of drug-likeness (QED) is 0.930. The summed E-state index contributed by atoms with van der Waals surface area (Å²) in [5.74, 6) is 0. The first kappa shape index (κ1) is 13.1. The molecule has 1 aromatic heterocycles. The van der Waals surface area contributed by atoms with Crippen LogP contribution in [0.3, 0.4) is 0 Å². The van der Waals surface area contributed by atoms with Gasteiger partial charge in [-0.3, -0.25) is 4.98 Å². The number of aromatic nitrogens is 1. The van der Waals surface area contributed by atoms with E-state index < -0.39 is 0 Å². The van der Waals surface area contributed by atoms with Crippen molar-refractivity contribution in [3.05, 3.63) is 36.0 Å². The summed E-state index contributed by atoms with van der Waals surface area (Å²) >= 11 is 0. The Kier molecular flexibility index (Phi) is 3.30. The van der Waals surface area contributed by atoms with Gasteiger partial charge < -0.3 is 10.2 Å². The molecule has 3 heteroatoms. The average Bonchev–Trinajstić information content (AvgIpc) is 3.25. The first-order valence-corrected chi connectivity index (χ1v) is 8.20. The van der Waals surface area contributed by atoms with Gasteiger partial charge in [0.25, 0.3) is 0 Å². The average molecular weight is 281 g/mol. The zero-order chi connectivity index (χ0) is 14.2. The fourth-order valence-corrected chi connectivity index (χ4v) is 3.37. The molecule has 1 unspecified atom stereocenters. The van der Waals surface area contributed by atoms with Crippen LogP contribution in [0.1, 0.15) is 38.3 Å². The van der Waals surface area contributed by atoms with E-state index in [-0.39, 0.29) is 0 Å². The number of para-hydroxylation sites is 1. The van der Waals surface area contributed by atoms with Gasteiger partial charge >= 0.3 is 0 Å². The number of anilines is 1. The fraction of sp³-hybridized carbons (Fsp3) is 0.500. The zero-order valence-electron chi connectivity index (χ0n) is 12.7. The van der Waals surface area contributed by atoms with Gasteiger partial charge in [-0.1, -0.05) is 18.2 Å². The van der Waals surface area contributed by atoms with Gasteiger partial charge in [-0.15, -0.1) is 0 Å². The van der Waals surface area contributed by atoms with E-state index in [0.29, 0.717) is 6.04 Å². The zero-order valence-corrected chi connectivity index (χ0v) is 12.7. The summed E-state index contributed by atoms with van der Waals surface area (Å²) in [6, 6.07) is 12.2. The molecule has 2 heterocycles. The van der Waals surface area contributed by atoms with Gasteiger partial charge in [0.1, 0.15) is 0 Å². The normalized spacial score (nSPS) is 22.1. The number of rotatable bonds is 4. The van der Waals surface area contributed by atoms with Crippen LogP contribution in [-0.4, -0.2) is 23.6 Å². The van der Waals surface area contributed by atoms with Crippen LogP contribution >= 0.6 is 0 Å². The fourth-order valence-electron chi connectivity index (χ4n) is 3.37. The highest BCUT2D eigenvalue weighted by atomic mass is 15.2. The smallest absolute Gasteiger partial charge is 0.0726 e. The molecule has 1 atom stereocenters. The van der Waals surface area contributed by atoms with E-state index in [9.17, 15) is 0 Å². The number of pyridine rings is 1. The number of hydrogen-bond acceptors (Lipinski definition) is 3. The van der Waals surface area contributed by atoms with E-state index in [1.54, 1.807) is 0 Å². The maximum absolute atomic E-state index is 4.84. The first-order valence-electron chi connectivity index (χ1n) is 8.20. The van der Waals surface area contributed by atoms with Gasteiger partial charge in [-0.05, 0) is 44.7 Å². The molecule has 1 aliphatic carbocycles. The van der Waals surface area contributed by atoms with E-state index in [4.69, 9.17) is 4.98 Å². The van der Waals surface area contributed by atoms with Crippen molar-refractivity contribution in [3.63, 3.8) is 0 Å². The Balaban J connectivity index is 1.74. The van der Waals surface area contributed by atoms with Gasteiger partial charge in [-0.2, -0.15) is 0 Å². The molecule has 0 bridgehead atoms. The van der Waals surface area contributed by atoms with Crippen molar-refractivity contribution in [1.82, 2.24) is 10.3 Å². The lowest BCUT2D eigenvalue weighted by Crippen LogP contribution is -2.27. The van der Waals surface area contributed by atoms with Crippen LogP contribution in [0.4, 0.5) is 5.69 Å². The van der Waals surface area contributed by atoms with E-state index >= 15 is 0 Å². The highest BCUT2D eigenvalue weighted by Crippen LogP contribution is 2.32. The first-order chi connectivity index (χ1) is 10.3. The molecule has 110 valence electrons. The molecule has 0 spiro atoms. The van der Waals surface area contributed by atoms with E-state index in [2.05, 4.69) is 47.5 Å². The molecule has 1 aliphatic heterocycles. The van der Waals surface area contributed by atoms with Gasteiger partial charge in [0, 0.05) is 36.2 Å². The maximum Gasteiger partial charge on any atom is 0.0726 e. The van der Waals surface area contributed by atoms with Crippen molar-refractivity contribution in [2.45, 2.75) is 51.2 Å². The van der Waals surface area contributed by atoms with Crippen LogP contribution in [0.25, 0.3) is 10.9 Å². The Hall–Kier alpha value is -1.61. The molecule has 1 saturated heterocycles. The largest absolute Gasteiger partial charge is 0.368 e. The van der Waals surface area contributed by atoms with Crippen molar-refractivity contribution in [3.8, 4) is 0 Å². The van der Waals surface area contributed by atoms with Gasteiger partial charge in [-0.25, -0.2) is 0 Å². The molecule has 1 N–H and O–H groups in total. The number of nitrogens with zero attached hydrogens (tertiary/aromatic N) is 2. The molecule has 3 nitrogen and oxygen atoms in total. The lowest BCUT2D eigenvalue weighted by atomic mass is 10.1. The second-order valence-electron chi connectivity index (χ2n) is 6.49. The minimum atomic E-state index is 0.639. The summed E-state index contributed by atoms with van der Waals surface area (Å²) in [5.41, 5.74) is 3.68. The summed E-state index contributed by atoms with van der Waals surface area (Å²) in [4.78, 5) is 7.40. The van der Waals surface area contributed by atoms with Crippen LogP contribution in [0, 0.1) is 0 Å². The van der Waals surface area contributed by atoms with Gasteiger partial charge in [0.2, 0.25) is 0 Å². The van der Waals surface area contributed by atoms with E-state index in [1.165, 1.54) is 49.0 Å². The minimum Gasteiger partial charge on any atom is -0.368 e. The van der Waals surface area contributed by atoms with Crippen molar-refractivity contribution in [2.75, 3.05) is 11.4 Å². The molecule has 1 saturated carbocycles. The predicted molar refractivity (Wildman–Crippen MR) is 87.6 cm³/mol. The topological polar surface area (TPSA) is 28.2 Å². The van der Waals surface area contributed by atoms with Gasteiger partial charge in [0.15, 0.2) is 0 Å². The lowest BCUT2D eigenvalue weighted by Gasteiger charge is -2.26. The standard InChI is InChI=1S/C18H23N3/c1-13-5-4-10-21(13)18-11-15(12-19-14-8-9-14)20-17-7-3-2-6-16(17)18/h2-3,6-7,11,13-14,19H,4-5,8-10,12H2,1H3. The number of hydrogen-bond donors (Lipinski definition) is 1. The predicted octanol–water partition coefficient (Wildman–Crippen LogP) is 3.48. The molecule has 0 amide bonds. The maximum atomic E-state index is 4.84. The highest BCUT2D eigenvalue weighted by Gasteiger charge is 2.24. The second-order valence-corrected chi connectivity index (χ2v) is 6.49. The Labute approximate surface area is 126 Å². The van der Waals surface area contributed by atoms with Crippen LogP contribution in [0.15, 0.2) is 30.3 Å². The third kappa shape index (κ3) is 2.62. The van der Waals surface area contributed by atoms with Crippen LogP contribution in [0.5, 0.6) is 0 Å². The molecule has 1 aromatic carbocycles. The van der Waals surface area contributed by atoms with Crippen molar-refractivity contribution < 1.29 is 0 Å². The van der Waals surface area contributed by atoms with Crippen molar-refractivity contribution in [2.24, 2.45) is 0 Å². The van der Waals surface area contributed by atoms with Crippen molar-refractivity contribution in [1.29, 1.82) is 0 Å². The molecule has 2 aliphatic rings. The monoisotopic (exact) mass is 281 g/mol. The Bertz CT molecular complexity index is 648. The summed E-state index contributed by atoms with van der Waals surface area (Å²) in [5, 5.41) is 4.88. The lowest BCUT2D eigenvalue weighted by molar-refractivity contribution is 0.675. The van der Waals surface area contributed by atoms with Crippen LogP contribution < -0.4 is 10.2 Å². The Morgan fingerprint density at radius 3 is 2.86 bits per heavy atom. The summed E-state index contributed by atoms with van der Waals surface area (Å²) < 4.78 is 0. The number of fused-ring (bicyclic) bond motifs is 1. The molecular weight excluding hydrogens is 258 g/mol. The molecule has 21 heavy (non-hydrogen) atoms. The second kappa shape index (κ2) is 5.30. The number of nitrogens with one attached hydrogen (secondary N) is 1. The number of benzene rings is 1. The Morgan fingerprint density at radius 1 is 1.24 bits per heavy atom. The summed E-state index contributed by atoms with van der Waals surface area (Å²) in [6.07, 6.45) is 5.24. The van der Waals surface area contributed by atoms with Crippen LogP contribution in [0.2, 0.25) is 0 Å². The Morgan fingerprint density at radius 2 is 2.10 bits per heavy atom. The molecule has 0 radical (unpaired) electrons. The summed E-state index contributed by atoms with van der Waals surface area (Å²) in [6.45, 7) is 4.40. The molecule has 2 aromatic rings. The molecule has 2 fully saturated rings. The van der Waals surface area contributed by atoms with E-state index in [1.807, 2.05) is 0 Å². The third-order valence-corrected chi connectivity index (χ3v) is 4.76. The molecule has 4 rings (SSSR count). The highest BCUT2D eigenvalue weighted by molar-refractivity contribution is 5.92. The van der Waals surface area contributed by atoms with Crippen molar-refractivity contribution >= 4 is 16.6 Å². The SMILES string of the molecule is CC1CCCN1c1cc(CNC2CC2)nc2ccccc12. The van der Waals surface area contributed by atoms with Crippen LogP contribution in [-0.2, 0) is 6.54 Å². The summed E-state index contributed by atoms with van der Waals surface area (Å²) in [7, 11) is 0. The van der Waals surface area contributed by atoms with E-state index in [0.717, 1.165) is 18.1 Å². The molecular formula is C18H23N3.